The van der Waals surface area contributed by atoms with Crippen LogP contribution in [-0.4, -0.2) is 16.8 Å². The van der Waals surface area contributed by atoms with Crippen LogP contribution in [0, 0.1) is 13.8 Å². The van der Waals surface area contributed by atoms with Crippen molar-refractivity contribution in [3.05, 3.63) is 120 Å². The van der Waals surface area contributed by atoms with E-state index in [4.69, 9.17) is 0 Å². The molecule has 4 rings (SSSR count). The fourth-order valence-corrected chi connectivity index (χ4v) is 5.19. The van der Waals surface area contributed by atoms with Crippen LogP contribution >= 0.6 is 0 Å². The highest BCUT2D eigenvalue weighted by molar-refractivity contribution is 7.93. The first-order valence-electron chi connectivity index (χ1n) is 10.4. The number of sulfonamides is 2. The number of rotatable bonds is 6. The zero-order valence-electron chi connectivity index (χ0n) is 18.8. The lowest BCUT2D eigenvalue weighted by Gasteiger charge is -2.08. The highest BCUT2D eigenvalue weighted by atomic mass is 32.2. The van der Waals surface area contributed by atoms with Gasteiger partial charge in [0.15, 0.2) is 0 Å². The molecule has 0 radical (unpaired) electrons. The summed E-state index contributed by atoms with van der Waals surface area (Å²) in [5.74, 6) is 0. The van der Waals surface area contributed by atoms with E-state index in [-0.39, 0.29) is 9.79 Å². The first-order valence-corrected chi connectivity index (χ1v) is 13.4. The molecule has 8 heteroatoms. The number of aryl methyl sites for hydroxylation is 2. The fraction of sp³-hybridized carbons (Fsp3) is 0.0769. The lowest BCUT2D eigenvalue weighted by Crippen LogP contribution is -2.12. The van der Waals surface area contributed by atoms with Gasteiger partial charge in [-0.25, -0.2) is 16.8 Å². The van der Waals surface area contributed by atoms with E-state index in [0.29, 0.717) is 11.4 Å². The summed E-state index contributed by atoms with van der Waals surface area (Å²) in [6.45, 7) is 3.83. The molecule has 0 aliphatic rings. The van der Waals surface area contributed by atoms with E-state index in [9.17, 15) is 16.8 Å². The number of anilines is 2. The average molecular weight is 495 g/mol. The minimum atomic E-state index is -3.48. The Bertz CT molecular complexity index is 1330. The molecule has 0 saturated carbocycles. The molecule has 4 aromatic rings. The highest BCUT2D eigenvalue weighted by Crippen LogP contribution is 2.17. The first kappa shape index (κ1) is 25.0. The van der Waals surface area contributed by atoms with Gasteiger partial charge in [-0.15, -0.1) is 0 Å². The van der Waals surface area contributed by atoms with E-state index in [0.717, 1.165) is 11.1 Å². The third-order valence-corrected chi connectivity index (χ3v) is 7.44. The molecule has 0 aliphatic carbocycles. The van der Waals surface area contributed by atoms with Crippen molar-refractivity contribution < 1.29 is 16.8 Å². The van der Waals surface area contributed by atoms with Gasteiger partial charge in [-0.05, 0) is 73.5 Å². The average Bonchev–Trinajstić information content (AvgIpc) is 2.80. The highest BCUT2D eigenvalue weighted by Gasteiger charge is 2.13. The summed E-state index contributed by atoms with van der Waals surface area (Å²) in [6, 6.07) is 31.1. The van der Waals surface area contributed by atoms with E-state index in [1.165, 1.54) is 0 Å². The van der Waals surface area contributed by atoms with Crippen molar-refractivity contribution >= 4 is 31.4 Å². The van der Waals surface area contributed by atoms with Crippen molar-refractivity contribution in [3.8, 4) is 0 Å². The maximum Gasteiger partial charge on any atom is 0.261 e. The van der Waals surface area contributed by atoms with Gasteiger partial charge in [-0.2, -0.15) is 0 Å². The van der Waals surface area contributed by atoms with Crippen molar-refractivity contribution in [1.29, 1.82) is 0 Å². The smallest absolute Gasteiger partial charge is 0.261 e. The third-order valence-electron chi connectivity index (χ3n) is 4.65. The Hall–Kier alpha value is -3.62. The summed E-state index contributed by atoms with van der Waals surface area (Å²) in [5, 5.41) is 0. The summed E-state index contributed by atoms with van der Waals surface area (Å²) in [5.41, 5.74) is 3.18. The number of hydrogen-bond acceptors (Lipinski definition) is 4. The fourth-order valence-electron chi connectivity index (χ4n) is 3.04. The van der Waals surface area contributed by atoms with E-state index >= 15 is 0 Å². The van der Waals surface area contributed by atoms with E-state index in [2.05, 4.69) is 9.44 Å². The van der Waals surface area contributed by atoms with Crippen molar-refractivity contribution in [1.82, 2.24) is 0 Å². The Labute approximate surface area is 201 Å². The zero-order valence-corrected chi connectivity index (χ0v) is 20.5. The monoisotopic (exact) mass is 494 g/mol. The van der Waals surface area contributed by atoms with Crippen LogP contribution in [0.15, 0.2) is 119 Å². The zero-order chi connectivity index (χ0) is 24.6. The Kier molecular flexibility index (Phi) is 8.09. The second-order valence-corrected chi connectivity index (χ2v) is 10.9. The molecule has 0 spiro atoms. The lowest BCUT2D eigenvalue weighted by atomic mass is 10.2. The standard InChI is InChI=1S/2C13H13NO2S/c2*1-11-6-5-7-12(10-11)14-17(15,16)13-8-3-2-4-9-13/h2*2-10,14H,1H3. The molecule has 2 N–H and O–H groups in total. The summed E-state index contributed by atoms with van der Waals surface area (Å²) in [6.07, 6.45) is 0. The SMILES string of the molecule is Cc1cccc(NS(=O)(=O)c2ccccc2)c1.Cc1cccc(NS(=O)(=O)c2ccccc2)c1. The van der Waals surface area contributed by atoms with Gasteiger partial charge in [-0.1, -0.05) is 60.7 Å². The predicted octanol–water partition coefficient (Wildman–Crippen LogP) is 5.59. The van der Waals surface area contributed by atoms with Gasteiger partial charge in [0.05, 0.1) is 9.79 Å². The molecule has 0 amide bonds. The second-order valence-electron chi connectivity index (χ2n) is 7.58. The van der Waals surface area contributed by atoms with E-state index in [1.807, 2.05) is 38.1 Å². The molecule has 0 atom stereocenters. The van der Waals surface area contributed by atoms with Crippen LogP contribution in [0.5, 0.6) is 0 Å². The largest absolute Gasteiger partial charge is 0.280 e. The van der Waals surface area contributed by atoms with Crippen LogP contribution in [0.3, 0.4) is 0 Å². The predicted molar refractivity (Wildman–Crippen MR) is 137 cm³/mol. The Morgan fingerprint density at radius 2 is 0.824 bits per heavy atom. The Balaban J connectivity index is 0.000000191. The minimum absolute atomic E-state index is 0.265. The molecular formula is C26H26N2O4S2. The minimum Gasteiger partial charge on any atom is -0.280 e. The van der Waals surface area contributed by atoms with Crippen LogP contribution in [0.25, 0.3) is 0 Å². The van der Waals surface area contributed by atoms with Gasteiger partial charge in [0.25, 0.3) is 20.0 Å². The number of nitrogens with one attached hydrogen (secondary N) is 2. The molecule has 0 saturated heterocycles. The molecule has 176 valence electrons. The maximum atomic E-state index is 12.0. The normalized spacial score (nSPS) is 11.1. The molecule has 0 aromatic heterocycles. The molecule has 0 aliphatic heterocycles. The summed E-state index contributed by atoms with van der Waals surface area (Å²) in [4.78, 5) is 0.531. The molecular weight excluding hydrogens is 468 g/mol. The molecule has 0 bridgehead atoms. The van der Waals surface area contributed by atoms with Crippen LogP contribution in [0.2, 0.25) is 0 Å². The first-order chi connectivity index (χ1) is 16.2. The van der Waals surface area contributed by atoms with Crippen molar-refractivity contribution in [2.75, 3.05) is 9.44 Å². The molecule has 6 nitrogen and oxygen atoms in total. The number of hydrogen-bond donors (Lipinski definition) is 2. The molecule has 34 heavy (non-hydrogen) atoms. The van der Waals surface area contributed by atoms with Crippen LogP contribution in [-0.2, 0) is 20.0 Å². The van der Waals surface area contributed by atoms with Gasteiger partial charge in [0.2, 0.25) is 0 Å². The molecule has 0 fully saturated rings. The van der Waals surface area contributed by atoms with Crippen molar-refractivity contribution in [3.63, 3.8) is 0 Å². The summed E-state index contributed by atoms with van der Waals surface area (Å²) in [7, 11) is -6.96. The lowest BCUT2D eigenvalue weighted by molar-refractivity contribution is 0.599. The number of benzene rings is 4. The quantitative estimate of drug-likeness (QED) is 0.365. The van der Waals surface area contributed by atoms with Crippen LogP contribution in [0.4, 0.5) is 11.4 Å². The van der Waals surface area contributed by atoms with Gasteiger partial charge >= 0.3 is 0 Å². The summed E-state index contributed by atoms with van der Waals surface area (Å²) >= 11 is 0. The van der Waals surface area contributed by atoms with Crippen molar-refractivity contribution in [2.45, 2.75) is 23.6 Å². The Morgan fingerprint density at radius 3 is 1.15 bits per heavy atom. The van der Waals surface area contributed by atoms with Crippen LogP contribution in [0.1, 0.15) is 11.1 Å². The maximum absolute atomic E-state index is 12.0. The van der Waals surface area contributed by atoms with Crippen molar-refractivity contribution in [2.24, 2.45) is 0 Å². The van der Waals surface area contributed by atoms with E-state index < -0.39 is 20.0 Å². The van der Waals surface area contributed by atoms with Crippen LogP contribution < -0.4 is 9.44 Å². The molecule has 4 aromatic carbocycles. The van der Waals surface area contributed by atoms with E-state index in [1.54, 1.807) is 84.9 Å². The second kappa shape index (κ2) is 11.0. The molecule has 0 unspecified atom stereocenters. The Morgan fingerprint density at radius 1 is 0.471 bits per heavy atom. The van der Waals surface area contributed by atoms with Gasteiger partial charge in [-0.3, -0.25) is 9.44 Å². The molecule has 0 heterocycles. The van der Waals surface area contributed by atoms with Gasteiger partial charge < -0.3 is 0 Å². The summed E-state index contributed by atoms with van der Waals surface area (Å²) < 4.78 is 53.1. The third kappa shape index (κ3) is 7.19. The topological polar surface area (TPSA) is 92.3 Å². The van der Waals surface area contributed by atoms with Gasteiger partial charge in [0, 0.05) is 11.4 Å². The van der Waals surface area contributed by atoms with Gasteiger partial charge in [0.1, 0.15) is 0 Å².